The molecule has 0 aliphatic carbocycles. The minimum absolute atomic E-state index is 0.247. The third-order valence-electron chi connectivity index (χ3n) is 2.94. The molecule has 2 N–H and O–H groups in total. The van der Waals surface area contributed by atoms with Gasteiger partial charge in [0.2, 0.25) is 11.8 Å². The van der Waals surface area contributed by atoms with Gasteiger partial charge in [0, 0.05) is 28.9 Å². The molecule has 0 atom stereocenters. The summed E-state index contributed by atoms with van der Waals surface area (Å²) in [7, 11) is 0. The molecule has 2 rings (SSSR count). The predicted molar refractivity (Wildman–Crippen MR) is 103 cm³/mol. The van der Waals surface area contributed by atoms with Crippen LogP contribution in [0.5, 0.6) is 5.88 Å². The highest BCUT2D eigenvalue weighted by molar-refractivity contribution is 6.36. The molecule has 1 aromatic carbocycles. The Bertz CT molecular complexity index is 827. The number of carbonyl (C=O) groups excluding carboxylic acids is 1. The minimum Gasteiger partial charge on any atom is -0.467 e. The number of anilines is 1. The SMILES string of the molecule is C=CCNc1nc(C)cc(OCC(=O)NN=Cc2ccc(Cl)cc2Cl)n1. The van der Waals surface area contributed by atoms with Gasteiger partial charge in [0.1, 0.15) is 0 Å². The van der Waals surface area contributed by atoms with Gasteiger partial charge in [-0.15, -0.1) is 6.58 Å². The lowest BCUT2D eigenvalue weighted by Crippen LogP contribution is -2.25. The van der Waals surface area contributed by atoms with Crippen LogP contribution in [0.2, 0.25) is 10.0 Å². The Balaban J connectivity index is 1.87. The number of halogens is 2. The fourth-order valence-corrected chi connectivity index (χ4v) is 2.27. The number of hydrogen-bond donors (Lipinski definition) is 2. The largest absolute Gasteiger partial charge is 0.467 e. The molecule has 0 fully saturated rings. The summed E-state index contributed by atoms with van der Waals surface area (Å²) in [5.41, 5.74) is 3.68. The van der Waals surface area contributed by atoms with Gasteiger partial charge in [-0.1, -0.05) is 35.3 Å². The van der Waals surface area contributed by atoms with E-state index in [0.29, 0.717) is 33.8 Å². The zero-order valence-corrected chi connectivity index (χ0v) is 15.5. The molecule has 0 spiro atoms. The fourth-order valence-electron chi connectivity index (χ4n) is 1.81. The molecule has 1 heterocycles. The van der Waals surface area contributed by atoms with Gasteiger partial charge in [0.05, 0.1) is 11.2 Å². The Kier molecular flexibility index (Phi) is 7.37. The lowest BCUT2D eigenvalue weighted by Gasteiger charge is -2.08. The van der Waals surface area contributed by atoms with Crippen LogP contribution in [0.15, 0.2) is 42.0 Å². The highest BCUT2D eigenvalue weighted by Gasteiger charge is 2.06. The summed E-state index contributed by atoms with van der Waals surface area (Å²) in [4.78, 5) is 20.2. The molecule has 0 aliphatic heterocycles. The van der Waals surface area contributed by atoms with Gasteiger partial charge in [-0.05, 0) is 19.1 Å². The zero-order chi connectivity index (χ0) is 18.9. The number of hydrogen-bond acceptors (Lipinski definition) is 6. The van der Waals surface area contributed by atoms with E-state index >= 15 is 0 Å². The third-order valence-corrected chi connectivity index (χ3v) is 3.50. The van der Waals surface area contributed by atoms with E-state index in [1.165, 1.54) is 6.21 Å². The van der Waals surface area contributed by atoms with E-state index in [0.717, 1.165) is 0 Å². The molecule has 7 nitrogen and oxygen atoms in total. The second-order valence-electron chi connectivity index (χ2n) is 5.09. The molecule has 0 saturated heterocycles. The lowest BCUT2D eigenvalue weighted by atomic mass is 10.2. The van der Waals surface area contributed by atoms with Crippen molar-refractivity contribution in [2.24, 2.45) is 5.10 Å². The van der Waals surface area contributed by atoms with Gasteiger partial charge >= 0.3 is 0 Å². The number of benzene rings is 1. The lowest BCUT2D eigenvalue weighted by molar-refractivity contribution is -0.123. The van der Waals surface area contributed by atoms with Crippen molar-refractivity contribution in [2.45, 2.75) is 6.92 Å². The summed E-state index contributed by atoms with van der Waals surface area (Å²) in [6.45, 7) is 5.68. The van der Waals surface area contributed by atoms with Gasteiger partial charge in [0.25, 0.3) is 5.91 Å². The van der Waals surface area contributed by atoms with E-state index in [9.17, 15) is 4.79 Å². The number of nitrogens with zero attached hydrogens (tertiary/aromatic N) is 3. The quantitative estimate of drug-likeness (QED) is 0.408. The summed E-state index contributed by atoms with van der Waals surface area (Å²) in [6.07, 6.45) is 3.10. The molecule has 2 aromatic rings. The van der Waals surface area contributed by atoms with Crippen molar-refractivity contribution in [3.8, 4) is 5.88 Å². The van der Waals surface area contributed by atoms with Crippen molar-refractivity contribution in [3.05, 3.63) is 58.2 Å². The van der Waals surface area contributed by atoms with Crippen molar-refractivity contribution in [2.75, 3.05) is 18.5 Å². The van der Waals surface area contributed by atoms with Crippen molar-refractivity contribution in [3.63, 3.8) is 0 Å². The minimum atomic E-state index is -0.441. The highest BCUT2D eigenvalue weighted by atomic mass is 35.5. The molecule has 26 heavy (non-hydrogen) atoms. The van der Waals surface area contributed by atoms with Crippen LogP contribution < -0.4 is 15.5 Å². The summed E-state index contributed by atoms with van der Waals surface area (Å²) in [6, 6.07) is 6.58. The summed E-state index contributed by atoms with van der Waals surface area (Å²) in [5.74, 6) is 0.239. The molecular formula is C17H17Cl2N5O2. The molecule has 0 saturated carbocycles. The fraction of sp³-hybridized carbons (Fsp3) is 0.176. The van der Waals surface area contributed by atoms with Crippen LogP contribution in [0, 0.1) is 6.92 Å². The van der Waals surface area contributed by atoms with Gasteiger partial charge in [-0.2, -0.15) is 10.1 Å². The average molecular weight is 394 g/mol. The number of nitrogens with one attached hydrogen (secondary N) is 2. The first kappa shape index (κ1) is 19.7. The number of aryl methyl sites for hydroxylation is 1. The maximum Gasteiger partial charge on any atom is 0.278 e. The molecule has 136 valence electrons. The molecule has 0 radical (unpaired) electrons. The molecule has 0 bridgehead atoms. The smallest absolute Gasteiger partial charge is 0.278 e. The van der Waals surface area contributed by atoms with E-state index in [1.54, 1.807) is 37.3 Å². The number of aromatic nitrogens is 2. The van der Waals surface area contributed by atoms with Crippen LogP contribution in [0.4, 0.5) is 5.95 Å². The van der Waals surface area contributed by atoms with Crippen LogP contribution in [-0.2, 0) is 4.79 Å². The first-order valence-electron chi connectivity index (χ1n) is 7.58. The third kappa shape index (κ3) is 6.34. The van der Waals surface area contributed by atoms with E-state index in [1.807, 2.05) is 0 Å². The van der Waals surface area contributed by atoms with Gasteiger partial charge in [-0.25, -0.2) is 10.4 Å². The van der Waals surface area contributed by atoms with Crippen molar-refractivity contribution >= 4 is 41.3 Å². The Morgan fingerprint density at radius 1 is 1.35 bits per heavy atom. The topological polar surface area (TPSA) is 88.5 Å². The first-order chi connectivity index (χ1) is 12.5. The maximum atomic E-state index is 11.8. The van der Waals surface area contributed by atoms with E-state index in [4.69, 9.17) is 27.9 Å². The molecule has 0 aliphatic rings. The van der Waals surface area contributed by atoms with Crippen molar-refractivity contribution in [1.29, 1.82) is 0 Å². The van der Waals surface area contributed by atoms with Gasteiger partial charge in [-0.3, -0.25) is 4.79 Å². The first-order valence-corrected chi connectivity index (χ1v) is 8.33. The van der Waals surface area contributed by atoms with Crippen LogP contribution in [-0.4, -0.2) is 35.2 Å². The summed E-state index contributed by atoms with van der Waals surface area (Å²) >= 11 is 11.8. The van der Waals surface area contributed by atoms with Crippen molar-refractivity contribution < 1.29 is 9.53 Å². The predicted octanol–water partition coefficient (Wildman–Crippen LogP) is 3.22. The van der Waals surface area contributed by atoms with E-state index in [2.05, 4.69) is 32.4 Å². The second kappa shape index (κ2) is 9.74. The average Bonchev–Trinajstić information content (AvgIpc) is 2.59. The Morgan fingerprint density at radius 3 is 2.88 bits per heavy atom. The number of hydrazone groups is 1. The Morgan fingerprint density at radius 2 is 2.15 bits per heavy atom. The molecular weight excluding hydrogens is 377 g/mol. The van der Waals surface area contributed by atoms with Crippen molar-refractivity contribution in [1.82, 2.24) is 15.4 Å². The summed E-state index contributed by atoms with van der Waals surface area (Å²) in [5, 5.41) is 7.74. The number of amides is 1. The van der Waals surface area contributed by atoms with Crippen LogP contribution in [0.25, 0.3) is 0 Å². The number of carbonyl (C=O) groups is 1. The molecule has 9 heteroatoms. The monoisotopic (exact) mass is 393 g/mol. The van der Waals surface area contributed by atoms with Gasteiger partial charge < -0.3 is 10.1 Å². The van der Waals surface area contributed by atoms with E-state index < -0.39 is 5.91 Å². The van der Waals surface area contributed by atoms with Crippen LogP contribution >= 0.6 is 23.2 Å². The summed E-state index contributed by atoms with van der Waals surface area (Å²) < 4.78 is 5.37. The van der Waals surface area contributed by atoms with E-state index in [-0.39, 0.29) is 12.5 Å². The maximum absolute atomic E-state index is 11.8. The van der Waals surface area contributed by atoms with Gasteiger partial charge in [0.15, 0.2) is 6.61 Å². The molecule has 1 amide bonds. The molecule has 1 aromatic heterocycles. The second-order valence-corrected chi connectivity index (χ2v) is 5.93. The normalized spacial score (nSPS) is 10.6. The Labute approximate surface area is 161 Å². The number of rotatable bonds is 8. The zero-order valence-electron chi connectivity index (χ0n) is 14.0. The van der Waals surface area contributed by atoms with Crippen LogP contribution in [0.3, 0.4) is 0 Å². The highest BCUT2D eigenvalue weighted by Crippen LogP contribution is 2.19. The Hall–Kier alpha value is -2.64. The standard InChI is InChI=1S/C17H17Cl2N5O2/c1-3-6-20-17-22-11(2)7-16(23-17)26-10-15(25)24-21-9-12-4-5-13(18)8-14(12)19/h3-5,7-9H,1,6,10H2,2H3,(H,24,25)(H,20,22,23). The van der Waals surface area contributed by atoms with Crippen LogP contribution in [0.1, 0.15) is 11.3 Å². The number of ether oxygens (including phenoxy) is 1. The molecule has 0 unspecified atom stereocenters.